The van der Waals surface area contributed by atoms with Crippen LogP contribution in [-0.2, 0) is 39.2 Å². The van der Waals surface area contributed by atoms with Crippen molar-refractivity contribution < 1.29 is 80.3 Å². The molecule has 0 spiro atoms. The van der Waals surface area contributed by atoms with E-state index in [2.05, 4.69) is 9.97 Å². The number of aliphatic carboxylic acids is 1. The number of hydrogen-bond acceptors (Lipinski definition) is 16. The number of imidazole rings is 1. The van der Waals surface area contributed by atoms with Crippen molar-refractivity contribution in [3.05, 3.63) is 148 Å². The Morgan fingerprint density at radius 1 is 0.907 bits per heavy atom. The molecule has 0 radical (unpaired) electrons. The van der Waals surface area contributed by atoms with Gasteiger partial charge in [0.1, 0.15) is 29.8 Å². The molecule has 2 fully saturated rings. The molecule has 0 bridgehead atoms. The van der Waals surface area contributed by atoms with E-state index in [1.165, 1.54) is 30.6 Å². The fourth-order valence-corrected chi connectivity index (χ4v) is 13.4. The number of carbonyl (C=O) groups excluding carboxylic acids is 1. The zero-order valence-electron chi connectivity index (χ0n) is 40.7. The number of fused-ring (bicyclic) bond motifs is 6. The summed E-state index contributed by atoms with van der Waals surface area (Å²) in [5.41, 5.74) is 1.07. The maximum atomic E-state index is 15.5. The number of aliphatic hydroxyl groups excluding tert-OH is 7. The number of carboxylic acid groups (broad SMARTS) is 1. The molecule has 4 aromatic carbocycles. The molecule has 1 saturated heterocycles. The molecule has 5 aliphatic rings. The second-order valence-corrected chi connectivity index (χ2v) is 20.6. The van der Waals surface area contributed by atoms with Crippen molar-refractivity contribution in [1.29, 1.82) is 0 Å². The summed E-state index contributed by atoms with van der Waals surface area (Å²) in [7, 11) is 0. The molecule has 3 aliphatic carbocycles. The van der Waals surface area contributed by atoms with Crippen LogP contribution >= 0.6 is 0 Å². The summed E-state index contributed by atoms with van der Waals surface area (Å²) >= 11 is 0. The maximum Gasteiger partial charge on any atom is 0.355 e. The van der Waals surface area contributed by atoms with E-state index in [1.807, 2.05) is 6.07 Å². The third-order valence-electron chi connectivity index (χ3n) is 16.6. The first-order chi connectivity index (χ1) is 36.0. The number of aromatic nitrogens is 2. The molecule has 19 heteroatoms. The minimum absolute atomic E-state index is 0.0264. The summed E-state index contributed by atoms with van der Waals surface area (Å²) in [6.07, 6.45) is 1.41. The maximum absolute atomic E-state index is 15.5. The van der Waals surface area contributed by atoms with Gasteiger partial charge < -0.3 is 75.7 Å². The van der Waals surface area contributed by atoms with Crippen molar-refractivity contribution in [3.63, 3.8) is 0 Å². The van der Waals surface area contributed by atoms with Crippen LogP contribution in [0.4, 0.5) is 5.69 Å². The van der Waals surface area contributed by atoms with Gasteiger partial charge in [-0.1, -0.05) is 54.5 Å². The standard InChI is InChI=1S/C56H61N3O16/c60-25-30-7-11-31(12-8-30)40(63)17-14-33-23-54(53(71)72)49(48(33)55-35(4-2-5-36(55)26-61)15-13-32-3-1-6-42(65)47(32)55)38-21-43(66)44(74-56(73)52(70)51(69)50(68)45(27-62)75-56)22-39(38)59(54)46(67)18-10-29-9-16-41(64)34(19-29)20-37-24-57-28-58-37/h1,3,6-12,16,18-19,21-24,28,35-36,40,45,48-52,60-66,68-70,73H,2,4-5,13-15,17,20,25-27H2,(H,57,58)(H,71,72)/b18-10+/t35-,36-,40+,45-,48-,49+,50-,51+,52-,54-,55+,56+/m1/s1. The minimum Gasteiger partial charge on any atom is -0.508 e. The van der Waals surface area contributed by atoms with Gasteiger partial charge in [-0.05, 0) is 115 Å². The molecular formula is C56H61N3O16. The van der Waals surface area contributed by atoms with E-state index in [0.29, 0.717) is 64.8 Å². The lowest BCUT2D eigenvalue weighted by Crippen LogP contribution is -2.67. The molecular weight excluding hydrogens is 971 g/mol. The van der Waals surface area contributed by atoms with Crippen molar-refractivity contribution in [2.45, 2.75) is 111 Å². The molecule has 1 aromatic heterocycles. The Hall–Kier alpha value is -6.65. The molecule has 75 heavy (non-hydrogen) atoms. The Balaban J connectivity index is 1.18. The van der Waals surface area contributed by atoms with Crippen molar-refractivity contribution in [2.24, 2.45) is 17.8 Å². The number of phenolic OH excluding ortho intramolecular Hbond substituents is 3. The highest BCUT2D eigenvalue weighted by Gasteiger charge is 2.71. The van der Waals surface area contributed by atoms with Crippen molar-refractivity contribution >= 4 is 23.6 Å². The number of nitrogens with zero attached hydrogens (tertiary/aromatic N) is 2. The van der Waals surface area contributed by atoms with E-state index in [1.54, 1.807) is 54.7 Å². The Kier molecular flexibility index (Phi) is 13.9. The van der Waals surface area contributed by atoms with E-state index in [9.17, 15) is 66.1 Å². The Morgan fingerprint density at radius 2 is 1.69 bits per heavy atom. The van der Waals surface area contributed by atoms with Crippen LogP contribution in [-0.4, -0.2) is 132 Å². The van der Waals surface area contributed by atoms with Gasteiger partial charge in [0.15, 0.2) is 23.1 Å². The smallest absolute Gasteiger partial charge is 0.355 e. The molecule has 5 aromatic rings. The average Bonchev–Trinajstić information content (AvgIpc) is 4.31. The molecule has 13 N–H and O–H groups in total. The van der Waals surface area contributed by atoms with Gasteiger partial charge in [-0.15, -0.1) is 0 Å². The van der Waals surface area contributed by atoms with Gasteiger partial charge in [0.25, 0.3) is 5.91 Å². The summed E-state index contributed by atoms with van der Waals surface area (Å²) in [5, 5.41) is 134. The second kappa shape index (κ2) is 20.1. The summed E-state index contributed by atoms with van der Waals surface area (Å²) < 4.78 is 11.1. The quantitative estimate of drug-likeness (QED) is 0.0406. The van der Waals surface area contributed by atoms with Gasteiger partial charge >= 0.3 is 11.9 Å². The second-order valence-electron chi connectivity index (χ2n) is 20.6. The monoisotopic (exact) mass is 1030 g/mol. The number of nitrogens with one attached hydrogen (secondary N) is 1. The Bertz CT molecular complexity index is 3020. The van der Waals surface area contributed by atoms with Crippen LogP contribution in [0.15, 0.2) is 103 Å². The van der Waals surface area contributed by atoms with Gasteiger partial charge in [-0.2, -0.15) is 0 Å². The third kappa shape index (κ3) is 8.56. The number of phenols is 3. The molecule has 1 saturated carbocycles. The van der Waals surface area contributed by atoms with Crippen LogP contribution in [0.3, 0.4) is 0 Å². The third-order valence-corrected chi connectivity index (χ3v) is 16.6. The van der Waals surface area contributed by atoms with Gasteiger partial charge in [0.05, 0.1) is 31.3 Å². The number of carboxylic acids is 1. The van der Waals surface area contributed by atoms with Crippen LogP contribution < -0.4 is 9.64 Å². The number of hydrogen-bond donors (Lipinski definition) is 13. The summed E-state index contributed by atoms with van der Waals surface area (Å²) in [6.45, 7) is -1.52. The number of aryl methyl sites for hydroxylation is 1. The lowest BCUT2D eigenvalue weighted by molar-refractivity contribution is -0.422. The van der Waals surface area contributed by atoms with E-state index in [0.717, 1.165) is 29.0 Å². The lowest BCUT2D eigenvalue weighted by atomic mass is 9.45. The highest BCUT2D eigenvalue weighted by Crippen LogP contribution is 2.71. The fourth-order valence-electron chi connectivity index (χ4n) is 13.4. The number of amides is 1. The molecule has 396 valence electrons. The van der Waals surface area contributed by atoms with Gasteiger partial charge in [0, 0.05) is 65.4 Å². The molecule has 10 rings (SSSR count). The summed E-state index contributed by atoms with van der Waals surface area (Å²) in [4.78, 5) is 38.5. The predicted molar refractivity (Wildman–Crippen MR) is 267 cm³/mol. The fraction of sp³-hybridized carbons (Fsp3) is 0.411. The first-order valence-corrected chi connectivity index (χ1v) is 25.2. The molecule has 0 unspecified atom stereocenters. The lowest BCUT2D eigenvalue weighted by Gasteiger charge is -2.58. The zero-order chi connectivity index (χ0) is 53.1. The van der Waals surface area contributed by atoms with E-state index >= 15 is 4.79 Å². The van der Waals surface area contributed by atoms with Gasteiger partial charge in [-0.25, -0.2) is 9.78 Å². The topological polar surface area (TPSA) is 327 Å². The van der Waals surface area contributed by atoms with Crippen LogP contribution in [0.25, 0.3) is 6.08 Å². The Labute approximate surface area is 430 Å². The number of aromatic hydroxyl groups is 3. The van der Waals surface area contributed by atoms with E-state index < -0.39 is 95.2 Å². The summed E-state index contributed by atoms with van der Waals surface area (Å²) in [6, 6.07) is 18.9. The molecule has 2 aliphatic heterocycles. The number of H-pyrrole nitrogens is 1. The van der Waals surface area contributed by atoms with Gasteiger partial charge in [-0.3, -0.25) is 9.69 Å². The van der Waals surface area contributed by atoms with Crippen molar-refractivity contribution in [2.75, 3.05) is 18.1 Å². The van der Waals surface area contributed by atoms with Crippen LogP contribution in [0.1, 0.15) is 95.2 Å². The Morgan fingerprint density at radius 3 is 2.40 bits per heavy atom. The number of aromatic amines is 1. The number of rotatable bonds is 15. The summed E-state index contributed by atoms with van der Waals surface area (Å²) in [5.74, 6) is -10.2. The van der Waals surface area contributed by atoms with Crippen LogP contribution in [0.2, 0.25) is 0 Å². The number of ether oxygens (including phenoxy) is 2. The first-order valence-electron chi connectivity index (χ1n) is 25.2. The molecule has 3 heterocycles. The number of aliphatic hydroxyl groups is 8. The SMILES string of the molecule is O=C(/C=C/c1ccc(O)c(Cc2cnc[nH]2)c1)N1c2cc(O[C@]3(O)O[C@H](CO)[C@@H](O)[C@H](O)[C@H]3O)c(O)cc2[C@H]2[C@H]([C@@]34c5c(O)cccc5CC[C@H]3CCC[C@@H]4CO)C(CC[C@H](O)c3ccc(CO)cc3)=C[C@]21C(=O)O. The molecule has 19 nitrogen and oxygen atoms in total. The molecule has 1 amide bonds. The van der Waals surface area contributed by atoms with E-state index in [-0.39, 0.29) is 61.1 Å². The minimum atomic E-state index is -3.24. The highest BCUT2D eigenvalue weighted by atomic mass is 16.8. The highest BCUT2D eigenvalue weighted by molar-refractivity contribution is 6.13. The number of carbonyl (C=O) groups is 2. The number of allylic oxidation sites excluding steroid dienone is 1. The van der Waals surface area contributed by atoms with Crippen LogP contribution in [0.5, 0.6) is 23.0 Å². The molecule has 12 atom stereocenters. The van der Waals surface area contributed by atoms with E-state index in [4.69, 9.17) is 9.47 Å². The first kappa shape index (κ1) is 51.8. The average molecular weight is 1030 g/mol. The normalized spacial score (nSPS) is 30.3. The number of benzene rings is 4. The largest absolute Gasteiger partial charge is 0.508 e. The van der Waals surface area contributed by atoms with Crippen LogP contribution in [0, 0.1) is 17.8 Å². The van der Waals surface area contributed by atoms with Crippen molar-refractivity contribution in [3.8, 4) is 23.0 Å². The number of anilines is 1. The predicted octanol–water partition coefficient (Wildman–Crippen LogP) is 3.44. The van der Waals surface area contributed by atoms with Gasteiger partial charge in [0.2, 0.25) is 0 Å². The van der Waals surface area contributed by atoms with Crippen molar-refractivity contribution in [1.82, 2.24) is 9.97 Å². The zero-order valence-corrected chi connectivity index (χ0v) is 40.7.